The lowest BCUT2D eigenvalue weighted by molar-refractivity contribution is -0.110. The van der Waals surface area contributed by atoms with E-state index in [1.807, 2.05) is 36.4 Å². The SMILES string of the molecule is O=CC1c2ccccc2SN1C(=O)c1ccc(Br)cc1. The van der Waals surface area contributed by atoms with E-state index in [0.717, 1.165) is 21.2 Å². The number of hydrogen-bond acceptors (Lipinski definition) is 3. The van der Waals surface area contributed by atoms with Crippen LogP contribution in [0.4, 0.5) is 0 Å². The topological polar surface area (TPSA) is 37.4 Å². The summed E-state index contributed by atoms with van der Waals surface area (Å²) >= 11 is 4.66. The quantitative estimate of drug-likeness (QED) is 0.611. The van der Waals surface area contributed by atoms with Gasteiger partial charge in [0.05, 0.1) is 0 Å². The van der Waals surface area contributed by atoms with Crippen LogP contribution >= 0.6 is 27.9 Å². The fraction of sp³-hybridized carbons (Fsp3) is 0.0667. The van der Waals surface area contributed by atoms with Gasteiger partial charge in [-0.3, -0.25) is 9.10 Å². The third-order valence-electron chi connectivity index (χ3n) is 3.11. The molecule has 0 N–H and O–H groups in total. The molecule has 0 aromatic heterocycles. The molecule has 0 spiro atoms. The number of nitrogens with zero attached hydrogens (tertiary/aromatic N) is 1. The van der Waals surface area contributed by atoms with Crippen LogP contribution in [0, 0.1) is 0 Å². The summed E-state index contributed by atoms with van der Waals surface area (Å²) in [6.07, 6.45) is 0.815. The average molecular weight is 348 g/mol. The Bertz CT molecular complexity index is 672. The van der Waals surface area contributed by atoms with E-state index in [-0.39, 0.29) is 5.91 Å². The Kier molecular flexibility index (Phi) is 3.63. The second kappa shape index (κ2) is 5.42. The van der Waals surface area contributed by atoms with E-state index in [1.54, 1.807) is 12.1 Å². The third kappa shape index (κ3) is 2.27. The number of benzene rings is 2. The Hall–Kier alpha value is -1.59. The van der Waals surface area contributed by atoms with Crippen LogP contribution in [0.5, 0.6) is 0 Å². The van der Waals surface area contributed by atoms with E-state index in [2.05, 4.69) is 15.9 Å². The monoisotopic (exact) mass is 347 g/mol. The van der Waals surface area contributed by atoms with Crippen molar-refractivity contribution in [2.75, 3.05) is 0 Å². The van der Waals surface area contributed by atoms with E-state index in [0.29, 0.717) is 5.56 Å². The van der Waals surface area contributed by atoms with Gasteiger partial charge in [-0.05, 0) is 47.8 Å². The number of hydrogen-bond donors (Lipinski definition) is 0. The normalized spacial score (nSPS) is 16.9. The van der Waals surface area contributed by atoms with Crippen LogP contribution in [0.15, 0.2) is 57.9 Å². The van der Waals surface area contributed by atoms with Crippen molar-refractivity contribution in [2.45, 2.75) is 10.9 Å². The van der Waals surface area contributed by atoms with E-state index >= 15 is 0 Å². The molecule has 0 saturated carbocycles. The fourth-order valence-electron chi connectivity index (χ4n) is 2.11. The zero-order valence-corrected chi connectivity index (χ0v) is 12.7. The molecule has 20 heavy (non-hydrogen) atoms. The lowest BCUT2D eigenvalue weighted by Crippen LogP contribution is -2.26. The molecule has 100 valence electrons. The van der Waals surface area contributed by atoms with Crippen LogP contribution < -0.4 is 0 Å². The van der Waals surface area contributed by atoms with Crippen molar-refractivity contribution in [1.29, 1.82) is 0 Å². The van der Waals surface area contributed by atoms with Gasteiger partial charge in [-0.2, -0.15) is 0 Å². The zero-order valence-electron chi connectivity index (χ0n) is 10.3. The van der Waals surface area contributed by atoms with Gasteiger partial charge in [0.1, 0.15) is 12.3 Å². The maximum absolute atomic E-state index is 12.5. The molecule has 1 aliphatic heterocycles. The van der Waals surface area contributed by atoms with Gasteiger partial charge in [0.2, 0.25) is 0 Å². The summed E-state index contributed by atoms with van der Waals surface area (Å²) in [4.78, 5) is 24.8. The van der Waals surface area contributed by atoms with Gasteiger partial charge in [0.15, 0.2) is 0 Å². The highest BCUT2D eigenvalue weighted by Gasteiger charge is 2.34. The molecule has 3 rings (SSSR count). The van der Waals surface area contributed by atoms with Crippen molar-refractivity contribution < 1.29 is 9.59 Å². The maximum Gasteiger partial charge on any atom is 0.264 e. The summed E-state index contributed by atoms with van der Waals surface area (Å²) in [6, 6.07) is 14.2. The Morgan fingerprint density at radius 3 is 2.55 bits per heavy atom. The van der Waals surface area contributed by atoms with Gasteiger partial charge >= 0.3 is 0 Å². The van der Waals surface area contributed by atoms with Gasteiger partial charge < -0.3 is 4.79 Å². The van der Waals surface area contributed by atoms with Gasteiger partial charge in [0, 0.05) is 14.9 Å². The summed E-state index contributed by atoms with van der Waals surface area (Å²) in [5.41, 5.74) is 1.46. The maximum atomic E-state index is 12.5. The molecule has 0 saturated heterocycles. The molecule has 1 aliphatic rings. The largest absolute Gasteiger partial charge is 0.301 e. The molecule has 1 atom stereocenters. The van der Waals surface area contributed by atoms with E-state index in [1.165, 1.54) is 16.3 Å². The average Bonchev–Trinajstić information content (AvgIpc) is 2.85. The lowest BCUT2D eigenvalue weighted by Gasteiger charge is -2.19. The van der Waals surface area contributed by atoms with Crippen molar-refractivity contribution in [3.63, 3.8) is 0 Å². The molecule has 2 aromatic carbocycles. The number of amides is 1. The van der Waals surface area contributed by atoms with Crippen molar-refractivity contribution in [3.05, 3.63) is 64.1 Å². The van der Waals surface area contributed by atoms with Crippen LogP contribution in [0.25, 0.3) is 0 Å². The van der Waals surface area contributed by atoms with Crippen LogP contribution in [0.1, 0.15) is 22.0 Å². The minimum atomic E-state index is -0.521. The fourth-order valence-corrected chi connectivity index (χ4v) is 3.49. The molecule has 0 aliphatic carbocycles. The van der Waals surface area contributed by atoms with Crippen molar-refractivity contribution >= 4 is 40.1 Å². The summed E-state index contributed by atoms with van der Waals surface area (Å²) in [5.74, 6) is -0.157. The number of carbonyl (C=O) groups excluding carboxylic acids is 2. The summed E-state index contributed by atoms with van der Waals surface area (Å²) in [5, 5.41) is 0. The summed E-state index contributed by atoms with van der Waals surface area (Å²) in [7, 11) is 0. The van der Waals surface area contributed by atoms with Gasteiger partial charge in [-0.1, -0.05) is 34.1 Å². The Balaban J connectivity index is 1.94. The molecule has 5 heteroatoms. The van der Waals surface area contributed by atoms with E-state index in [9.17, 15) is 9.59 Å². The smallest absolute Gasteiger partial charge is 0.264 e. The number of carbonyl (C=O) groups is 2. The predicted molar refractivity (Wildman–Crippen MR) is 81.4 cm³/mol. The highest BCUT2D eigenvalue weighted by atomic mass is 79.9. The Morgan fingerprint density at radius 1 is 1.15 bits per heavy atom. The minimum absolute atomic E-state index is 0.157. The summed E-state index contributed by atoms with van der Waals surface area (Å²) < 4.78 is 2.44. The molecular formula is C15H10BrNO2S. The van der Waals surface area contributed by atoms with E-state index in [4.69, 9.17) is 0 Å². The first kappa shape index (κ1) is 13.4. The van der Waals surface area contributed by atoms with Gasteiger partial charge in [-0.25, -0.2) is 0 Å². The van der Waals surface area contributed by atoms with E-state index < -0.39 is 6.04 Å². The second-order valence-corrected chi connectivity index (χ2v) is 6.28. The van der Waals surface area contributed by atoms with Crippen LogP contribution in [-0.2, 0) is 4.79 Å². The van der Waals surface area contributed by atoms with Crippen molar-refractivity contribution in [2.24, 2.45) is 0 Å². The highest BCUT2D eigenvalue weighted by Crippen LogP contribution is 2.43. The van der Waals surface area contributed by atoms with Crippen molar-refractivity contribution in [3.8, 4) is 0 Å². The minimum Gasteiger partial charge on any atom is -0.301 e. The second-order valence-electron chi connectivity index (χ2n) is 4.35. The molecule has 0 fully saturated rings. The number of rotatable bonds is 2. The predicted octanol–water partition coefficient (Wildman–Crippen LogP) is 3.85. The van der Waals surface area contributed by atoms with Crippen LogP contribution in [0.2, 0.25) is 0 Å². The van der Waals surface area contributed by atoms with Gasteiger partial charge in [0.25, 0.3) is 5.91 Å². The molecular weight excluding hydrogens is 338 g/mol. The summed E-state index contributed by atoms with van der Waals surface area (Å²) in [6.45, 7) is 0. The number of halogens is 1. The standard InChI is InChI=1S/C15H10BrNO2S/c16-11-7-5-10(6-8-11)15(19)17-13(9-18)12-3-1-2-4-14(12)20-17/h1-9,13H. The number of aldehydes is 1. The molecule has 2 aromatic rings. The molecule has 1 unspecified atom stereocenters. The molecule has 0 bridgehead atoms. The number of fused-ring (bicyclic) bond motifs is 1. The zero-order chi connectivity index (χ0) is 14.1. The van der Waals surface area contributed by atoms with Gasteiger partial charge in [-0.15, -0.1) is 0 Å². The van der Waals surface area contributed by atoms with Crippen LogP contribution in [0.3, 0.4) is 0 Å². The molecule has 1 amide bonds. The Labute approximate surface area is 129 Å². The highest BCUT2D eigenvalue weighted by molar-refractivity contribution is 9.10. The first-order chi connectivity index (χ1) is 9.70. The Morgan fingerprint density at radius 2 is 1.85 bits per heavy atom. The first-order valence-electron chi connectivity index (χ1n) is 6.02. The first-order valence-corrected chi connectivity index (χ1v) is 7.58. The third-order valence-corrected chi connectivity index (χ3v) is 4.79. The molecule has 1 heterocycles. The van der Waals surface area contributed by atoms with Crippen LogP contribution in [-0.4, -0.2) is 16.5 Å². The van der Waals surface area contributed by atoms with Crippen molar-refractivity contribution in [1.82, 2.24) is 4.31 Å². The lowest BCUT2D eigenvalue weighted by atomic mass is 10.1. The molecule has 3 nitrogen and oxygen atoms in total. The molecule has 0 radical (unpaired) electrons.